The molecular formula is C13H9Cl4O3P. The minimum absolute atomic E-state index is 0.312. The maximum atomic E-state index is 6.47. The standard InChI is InChI=1S/C13H9Cl4O3P/c14-13(18-10-6-2-1-3-7-10)11-8-4-5-9-12(11)19-21(15,16,17)20-13/h1-9H. The average molecular weight is 386 g/mol. The van der Waals surface area contributed by atoms with E-state index in [0.717, 1.165) is 0 Å². The van der Waals surface area contributed by atoms with Gasteiger partial charge in [0.1, 0.15) is 0 Å². The van der Waals surface area contributed by atoms with Crippen LogP contribution in [0, 0.1) is 0 Å². The van der Waals surface area contributed by atoms with Gasteiger partial charge in [-0.15, -0.1) is 0 Å². The van der Waals surface area contributed by atoms with Crippen LogP contribution >= 0.6 is 50.4 Å². The van der Waals surface area contributed by atoms with Crippen LogP contribution in [0.3, 0.4) is 0 Å². The van der Waals surface area contributed by atoms with Crippen molar-refractivity contribution in [3.63, 3.8) is 0 Å². The van der Waals surface area contributed by atoms with E-state index in [1.54, 1.807) is 48.5 Å². The van der Waals surface area contributed by atoms with E-state index >= 15 is 0 Å². The van der Waals surface area contributed by atoms with Gasteiger partial charge in [-0.25, -0.2) is 0 Å². The topological polar surface area (TPSA) is 27.7 Å². The molecule has 2 aromatic rings. The summed E-state index contributed by atoms with van der Waals surface area (Å²) < 4.78 is 16.5. The molecule has 0 aliphatic carbocycles. The van der Waals surface area contributed by atoms with E-state index in [1.165, 1.54) is 0 Å². The molecule has 0 amide bonds. The Bertz CT molecular complexity index is 674. The number of benzene rings is 2. The van der Waals surface area contributed by atoms with E-state index in [9.17, 15) is 0 Å². The van der Waals surface area contributed by atoms with Crippen LogP contribution in [0.4, 0.5) is 0 Å². The summed E-state index contributed by atoms with van der Waals surface area (Å²) in [5.74, 6) is 0.786. The van der Waals surface area contributed by atoms with Crippen molar-refractivity contribution < 1.29 is 13.8 Å². The number of hydrogen-bond acceptors (Lipinski definition) is 3. The molecule has 2 aromatic carbocycles. The summed E-state index contributed by atoms with van der Waals surface area (Å²) >= 11 is 24.6. The summed E-state index contributed by atoms with van der Waals surface area (Å²) in [6.07, 6.45) is 0. The third-order valence-electron chi connectivity index (χ3n) is 2.70. The molecule has 1 atom stereocenters. The van der Waals surface area contributed by atoms with Crippen molar-refractivity contribution in [2.24, 2.45) is 0 Å². The van der Waals surface area contributed by atoms with Gasteiger partial charge in [0.2, 0.25) is 0 Å². The normalized spacial score (nSPS) is 27.5. The summed E-state index contributed by atoms with van der Waals surface area (Å²) in [6.45, 7) is 0. The molecule has 0 saturated heterocycles. The molecule has 0 saturated carbocycles. The summed E-state index contributed by atoms with van der Waals surface area (Å²) in [5.41, 5.74) is 0.428. The van der Waals surface area contributed by atoms with Crippen LogP contribution in [0.1, 0.15) is 5.56 Å². The van der Waals surface area contributed by atoms with Crippen LogP contribution in [0.15, 0.2) is 54.6 Å². The van der Waals surface area contributed by atoms with E-state index in [-0.39, 0.29) is 0 Å². The molecule has 112 valence electrons. The summed E-state index contributed by atoms with van der Waals surface area (Å²) in [6, 6.07) is 15.7. The summed E-state index contributed by atoms with van der Waals surface area (Å²) in [5, 5.41) is -6.23. The van der Waals surface area contributed by atoms with Crippen molar-refractivity contribution in [1.29, 1.82) is 0 Å². The number of alkyl halides is 1. The van der Waals surface area contributed by atoms with E-state index < -0.39 is 10.4 Å². The van der Waals surface area contributed by atoms with Gasteiger partial charge < -0.3 is 0 Å². The first kappa shape index (κ1) is 15.5. The fourth-order valence-electron chi connectivity index (χ4n) is 1.91. The second-order valence-corrected chi connectivity index (χ2v) is 13.6. The van der Waals surface area contributed by atoms with Crippen molar-refractivity contribution in [1.82, 2.24) is 0 Å². The zero-order valence-electron chi connectivity index (χ0n) is 10.4. The predicted octanol–water partition coefficient (Wildman–Crippen LogP) is 6.37. The van der Waals surface area contributed by atoms with Gasteiger partial charge in [0, 0.05) is 0 Å². The van der Waals surface area contributed by atoms with Crippen molar-refractivity contribution in [2.45, 2.75) is 5.25 Å². The number of rotatable bonds is 2. The summed E-state index contributed by atoms with van der Waals surface area (Å²) in [4.78, 5) is 0. The van der Waals surface area contributed by atoms with Crippen LogP contribution in [-0.4, -0.2) is 0 Å². The first-order valence-corrected chi connectivity index (χ1v) is 11.0. The van der Waals surface area contributed by atoms with E-state index in [2.05, 4.69) is 0 Å². The van der Waals surface area contributed by atoms with Crippen molar-refractivity contribution in [3.05, 3.63) is 60.2 Å². The Morgan fingerprint density at radius 2 is 1.52 bits per heavy atom. The minimum atomic E-state index is -4.45. The Hall–Kier alpha value is -0.410. The number of ether oxygens (including phenoxy) is 1. The Kier molecular flexibility index (Phi) is 3.73. The molecule has 8 heteroatoms. The Labute approximate surface area is 141 Å². The van der Waals surface area contributed by atoms with Gasteiger partial charge >= 0.3 is 141 Å². The van der Waals surface area contributed by atoms with E-state index in [4.69, 9.17) is 59.1 Å². The molecule has 1 aliphatic heterocycles. The van der Waals surface area contributed by atoms with Crippen LogP contribution in [0.5, 0.6) is 11.5 Å². The molecule has 0 aromatic heterocycles. The zero-order valence-corrected chi connectivity index (χ0v) is 14.3. The van der Waals surface area contributed by atoms with E-state index in [1.807, 2.05) is 6.07 Å². The first-order valence-electron chi connectivity index (χ1n) is 5.87. The van der Waals surface area contributed by atoms with Gasteiger partial charge in [-0.05, 0) is 0 Å². The van der Waals surface area contributed by atoms with Gasteiger partial charge in [-0.1, -0.05) is 0 Å². The fourth-order valence-corrected chi connectivity index (χ4v) is 5.41. The second-order valence-electron chi connectivity index (χ2n) is 4.31. The van der Waals surface area contributed by atoms with Crippen LogP contribution in [0.2, 0.25) is 0 Å². The SMILES string of the molecule is ClC1(Oc2ccccc2)OP(Cl)(Cl)(Cl)Oc2ccccc21. The summed E-state index contributed by atoms with van der Waals surface area (Å²) in [7, 11) is 0. The van der Waals surface area contributed by atoms with Crippen LogP contribution < -0.4 is 9.26 Å². The average Bonchev–Trinajstić information content (AvgIpc) is 2.37. The second kappa shape index (κ2) is 5.06. The molecular weight excluding hydrogens is 377 g/mol. The van der Waals surface area contributed by atoms with Crippen LogP contribution in [-0.2, 0) is 9.77 Å². The molecule has 0 radical (unpaired) electrons. The molecule has 21 heavy (non-hydrogen) atoms. The van der Waals surface area contributed by atoms with Crippen LogP contribution in [0.25, 0.3) is 0 Å². The fraction of sp³-hybridized carbons (Fsp3) is 0.0769. The zero-order chi connectivity index (χ0) is 15.2. The maximum absolute atomic E-state index is 6.47. The molecule has 0 spiro atoms. The van der Waals surface area contributed by atoms with Gasteiger partial charge in [-0.3, -0.25) is 0 Å². The monoisotopic (exact) mass is 384 g/mol. The van der Waals surface area contributed by atoms with Gasteiger partial charge in [0.15, 0.2) is 0 Å². The van der Waals surface area contributed by atoms with Gasteiger partial charge in [-0.2, -0.15) is 0 Å². The van der Waals surface area contributed by atoms with Gasteiger partial charge in [0.25, 0.3) is 0 Å². The molecule has 0 N–H and O–H groups in total. The number of fused-ring (bicyclic) bond motifs is 1. The van der Waals surface area contributed by atoms with Gasteiger partial charge in [0.05, 0.1) is 0 Å². The third-order valence-corrected chi connectivity index (χ3v) is 5.42. The Morgan fingerprint density at radius 3 is 2.24 bits per heavy atom. The number of para-hydroxylation sites is 2. The van der Waals surface area contributed by atoms with Crippen molar-refractivity contribution in [2.75, 3.05) is 0 Å². The molecule has 0 fully saturated rings. The number of halogens is 4. The van der Waals surface area contributed by atoms with Crippen molar-refractivity contribution in [3.8, 4) is 11.5 Å². The predicted molar refractivity (Wildman–Crippen MR) is 87.2 cm³/mol. The Morgan fingerprint density at radius 1 is 0.905 bits per heavy atom. The third kappa shape index (κ3) is 3.34. The molecule has 1 heterocycles. The number of hydrogen-bond donors (Lipinski definition) is 0. The van der Waals surface area contributed by atoms with E-state index in [0.29, 0.717) is 17.1 Å². The Balaban J connectivity index is 2.08. The quantitative estimate of drug-likeness (QED) is 0.444. The molecule has 1 unspecified atom stereocenters. The molecule has 0 bridgehead atoms. The first-order chi connectivity index (χ1) is 9.75. The van der Waals surface area contributed by atoms with Crippen molar-refractivity contribution >= 4 is 50.4 Å². The molecule has 3 nitrogen and oxygen atoms in total. The molecule has 3 rings (SSSR count). The molecule has 1 aliphatic rings.